The van der Waals surface area contributed by atoms with Crippen molar-refractivity contribution in [3.8, 4) is 17.2 Å². The van der Waals surface area contributed by atoms with Gasteiger partial charge in [0.15, 0.2) is 23.0 Å². The van der Waals surface area contributed by atoms with Gasteiger partial charge in [-0.25, -0.2) is 0 Å². The Balaban J connectivity index is 2.25. The van der Waals surface area contributed by atoms with E-state index in [1.807, 2.05) is 0 Å². The summed E-state index contributed by atoms with van der Waals surface area (Å²) in [7, 11) is 4.30. The number of fused-ring (bicyclic) bond motifs is 1. The molecule has 3 rings (SSSR count). The van der Waals surface area contributed by atoms with Gasteiger partial charge in [0.25, 0.3) is 0 Å². The Bertz CT molecular complexity index is 910. The second-order valence-electron chi connectivity index (χ2n) is 5.34. The van der Waals surface area contributed by atoms with E-state index in [9.17, 15) is 14.7 Å². The van der Waals surface area contributed by atoms with Gasteiger partial charge in [0.1, 0.15) is 5.75 Å². The average molecular weight is 340 g/mol. The van der Waals surface area contributed by atoms with Gasteiger partial charge in [0.2, 0.25) is 5.78 Å². The molecule has 6 heteroatoms. The number of aromatic hydroxyl groups is 1. The maximum atomic E-state index is 13.0. The van der Waals surface area contributed by atoms with Crippen LogP contribution in [0.3, 0.4) is 0 Å². The Morgan fingerprint density at radius 3 is 2.20 bits per heavy atom. The SMILES string of the molecule is COC1=C(c2ccc(OC)c(OC)c2)C(=O)c2cccc(O)c2C1=O. The number of carbonyl (C=O) groups is 2. The summed E-state index contributed by atoms with van der Waals surface area (Å²) in [6, 6.07) is 9.27. The lowest BCUT2D eigenvalue weighted by atomic mass is 9.84. The van der Waals surface area contributed by atoms with Crippen molar-refractivity contribution in [3.05, 3.63) is 58.8 Å². The molecule has 0 radical (unpaired) electrons. The molecule has 0 saturated carbocycles. The van der Waals surface area contributed by atoms with Gasteiger partial charge in [-0.15, -0.1) is 0 Å². The third-order valence-electron chi connectivity index (χ3n) is 4.05. The van der Waals surface area contributed by atoms with E-state index in [1.54, 1.807) is 18.2 Å². The zero-order valence-corrected chi connectivity index (χ0v) is 14.0. The number of phenols is 1. The van der Waals surface area contributed by atoms with Crippen LogP contribution in [0.2, 0.25) is 0 Å². The summed E-state index contributed by atoms with van der Waals surface area (Å²) in [6.45, 7) is 0. The predicted molar refractivity (Wildman–Crippen MR) is 90.2 cm³/mol. The van der Waals surface area contributed by atoms with Crippen LogP contribution < -0.4 is 9.47 Å². The summed E-state index contributed by atoms with van der Waals surface area (Å²) >= 11 is 0. The first-order valence-corrected chi connectivity index (χ1v) is 7.45. The molecule has 1 aliphatic rings. The summed E-state index contributed by atoms with van der Waals surface area (Å²) in [6.07, 6.45) is 0. The van der Waals surface area contributed by atoms with Gasteiger partial charge >= 0.3 is 0 Å². The monoisotopic (exact) mass is 340 g/mol. The van der Waals surface area contributed by atoms with Crippen LogP contribution in [0.25, 0.3) is 5.57 Å². The fourth-order valence-corrected chi connectivity index (χ4v) is 2.88. The lowest BCUT2D eigenvalue weighted by molar-refractivity contribution is 0.0922. The molecule has 128 valence electrons. The summed E-state index contributed by atoms with van der Waals surface area (Å²) in [4.78, 5) is 25.7. The highest BCUT2D eigenvalue weighted by molar-refractivity contribution is 6.40. The molecular formula is C19H16O6. The minimum absolute atomic E-state index is 0.0476. The van der Waals surface area contributed by atoms with Crippen molar-refractivity contribution in [3.63, 3.8) is 0 Å². The normalized spacial score (nSPS) is 13.6. The molecule has 25 heavy (non-hydrogen) atoms. The highest BCUT2D eigenvalue weighted by Gasteiger charge is 2.36. The number of ketones is 2. The van der Waals surface area contributed by atoms with Gasteiger partial charge in [-0.2, -0.15) is 0 Å². The Morgan fingerprint density at radius 1 is 0.840 bits per heavy atom. The van der Waals surface area contributed by atoms with Gasteiger partial charge in [-0.05, 0) is 23.8 Å². The van der Waals surface area contributed by atoms with Crippen molar-refractivity contribution >= 4 is 17.1 Å². The first-order chi connectivity index (χ1) is 12.0. The largest absolute Gasteiger partial charge is 0.507 e. The zero-order valence-electron chi connectivity index (χ0n) is 14.0. The number of rotatable bonds is 4. The molecule has 0 bridgehead atoms. The van der Waals surface area contributed by atoms with E-state index in [0.717, 1.165) is 0 Å². The number of Topliss-reactive ketones (excluding diaryl/α,β-unsaturated/α-hetero) is 2. The predicted octanol–water partition coefficient (Wildman–Crippen LogP) is 2.85. The molecule has 1 aliphatic carbocycles. The molecule has 0 atom stereocenters. The summed E-state index contributed by atoms with van der Waals surface area (Å²) in [5.74, 6) is -0.402. The van der Waals surface area contributed by atoms with Gasteiger partial charge < -0.3 is 19.3 Å². The van der Waals surface area contributed by atoms with Crippen molar-refractivity contribution in [1.29, 1.82) is 0 Å². The van der Waals surface area contributed by atoms with Gasteiger partial charge in [0, 0.05) is 5.56 Å². The van der Waals surface area contributed by atoms with E-state index in [4.69, 9.17) is 14.2 Å². The summed E-state index contributed by atoms with van der Waals surface area (Å²) in [5, 5.41) is 9.98. The van der Waals surface area contributed by atoms with Crippen LogP contribution in [-0.2, 0) is 4.74 Å². The lowest BCUT2D eigenvalue weighted by Crippen LogP contribution is -2.22. The molecule has 0 heterocycles. The van der Waals surface area contributed by atoms with E-state index in [0.29, 0.717) is 17.1 Å². The molecule has 0 amide bonds. The van der Waals surface area contributed by atoms with E-state index in [1.165, 1.54) is 39.5 Å². The maximum Gasteiger partial charge on any atom is 0.232 e. The minimum atomic E-state index is -0.542. The van der Waals surface area contributed by atoms with E-state index in [-0.39, 0.29) is 28.2 Å². The molecule has 0 saturated heterocycles. The molecule has 0 unspecified atom stereocenters. The molecule has 6 nitrogen and oxygen atoms in total. The second kappa shape index (κ2) is 6.32. The molecule has 0 aliphatic heterocycles. The highest BCUT2D eigenvalue weighted by Crippen LogP contribution is 2.38. The Labute approximate surface area is 144 Å². The summed E-state index contributed by atoms with van der Waals surface area (Å²) in [5.41, 5.74) is 0.664. The van der Waals surface area contributed by atoms with E-state index >= 15 is 0 Å². The fraction of sp³-hybridized carbons (Fsp3) is 0.158. The quantitative estimate of drug-likeness (QED) is 0.922. The van der Waals surface area contributed by atoms with Crippen LogP contribution >= 0.6 is 0 Å². The van der Waals surface area contributed by atoms with Crippen LogP contribution in [0.4, 0.5) is 0 Å². The van der Waals surface area contributed by atoms with Crippen LogP contribution in [0.5, 0.6) is 17.2 Å². The number of methoxy groups -OCH3 is 3. The molecule has 1 N–H and O–H groups in total. The average Bonchev–Trinajstić information content (AvgIpc) is 2.63. The Kier molecular flexibility index (Phi) is 4.19. The van der Waals surface area contributed by atoms with E-state index < -0.39 is 11.6 Å². The molecule has 2 aromatic rings. The van der Waals surface area contributed by atoms with Crippen LogP contribution in [-0.4, -0.2) is 38.0 Å². The van der Waals surface area contributed by atoms with Crippen molar-refractivity contribution in [2.75, 3.05) is 21.3 Å². The third kappa shape index (κ3) is 2.52. The van der Waals surface area contributed by atoms with Crippen molar-refractivity contribution in [1.82, 2.24) is 0 Å². The smallest absolute Gasteiger partial charge is 0.232 e. The molecule has 2 aromatic carbocycles. The van der Waals surface area contributed by atoms with Crippen LogP contribution in [0, 0.1) is 0 Å². The van der Waals surface area contributed by atoms with Crippen molar-refractivity contribution in [2.24, 2.45) is 0 Å². The van der Waals surface area contributed by atoms with Crippen molar-refractivity contribution < 1.29 is 28.9 Å². The Morgan fingerprint density at radius 2 is 1.56 bits per heavy atom. The molecular weight excluding hydrogens is 324 g/mol. The minimum Gasteiger partial charge on any atom is -0.507 e. The number of ether oxygens (including phenoxy) is 3. The third-order valence-corrected chi connectivity index (χ3v) is 4.05. The zero-order chi connectivity index (χ0) is 18.1. The number of allylic oxidation sites excluding steroid dienone is 2. The van der Waals surface area contributed by atoms with Crippen molar-refractivity contribution in [2.45, 2.75) is 0 Å². The molecule has 0 fully saturated rings. The highest BCUT2D eigenvalue weighted by atomic mass is 16.5. The molecule has 0 aromatic heterocycles. The maximum absolute atomic E-state index is 13.0. The standard InChI is InChI=1S/C19H16O6/c1-23-13-8-7-10(9-14(13)24-2)15-17(21)11-5-4-6-12(20)16(11)18(22)19(15)25-3/h4-9,20H,1-3H3. The van der Waals surface area contributed by atoms with E-state index in [2.05, 4.69) is 0 Å². The first-order valence-electron chi connectivity index (χ1n) is 7.45. The van der Waals surface area contributed by atoms with Crippen LogP contribution in [0.15, 0.2) is 42.2 Å². The topological polar surface area (TPSA) is 82.1 Å². The lowest BCUT2D eigenvalue weighted by Gasteiger charge is -2.21. The fourth-order valence-electron chi connectivity index (χ4n) is 2.88. The number of carbonyl (C=O) groups excluding carboxylic acids is 2. The number of phenolic OH excluding ortho intramolecular Hbond substituents is 1. The van der Waals surface area contributed by atoms with Crippen LogP contribution in [0.1, 0.15) is 26.3 Å². The number of hydrogen-bond donors (Lipinski definition) is 1. The van der Waals surface area contributed by atoms with Gasteiger partial charge in [-0.3, -0.25) is 9.59 Å². The number of benzene rings is 2. The second-order valence-corrected chi connectivity index (χ2v) is 5.34. The van der Waals surface area contributed by atoms with Gasteiger partial charge in [-0.1, -0.05) is 18.2 Å². The first kappa shape index (κ1) is 16.6. The Hall–Kier alpha value is -3.28. The van der Waals surface area contributed by atoms with Gasteiger partial charge in [0.05, 0.1) is 32.5 Å². The number of hydrogen-bond acceptors (Lipinski definition) is 6. The summed E-state index contributed by atoms with van der Waals surface area (Å²) < 4.78 is 15.7. The molecule has 0 spiro atoms.